The topological polar surface area (TPSA) is 17.1 Å². The van der Waals surface area contributed by atoms with E-state index in [9.17, 15) is 4.79 Å². The van der Waals surface area contributed by atoms with Crippen LogP contribution in [0.3, 0.4) is 0 Å². The van der Waals surface area contributed by atoms with Crippen LogP contribution in [0.5, 0.6) is 0 Å². The highest BCUT2D eigenvalue weighted by Crippen LogP contribution is 2.01. The third-order valence-electron chi connectivity index (χ3n) is 1.63. The Bertz CT molecular complexity index is 320. The van der Waals surface area contributed by atoms with Crippen LogP contribution in [-0.4, -0.2) is 6.29 Å². The molecular weight excluding hydrogens is 172 g/mol. The molecule has 14 heavy (non-hydrogen) atoms. The molecule has 1 heteroatoms. The number of allylic oxidation sites excluding steroid dienone is 3. The van der Waals surface area contributed by atoms with E-state index in [2.05, 4.69) is 0 Å². The molecule has 1 aromatic rings. The normalized spacial score (nSPS) is 11.1. The van der Waals surface area contributed by atoms with Gasteiger partial charge in [-0.15, -0.1) is 0 Å². The Morgan fingerprint density at radius 1 is 1.21 bits per heavy atom. The molecule has 0 aliphatic carbocycles. The summed E-state index contributed by atoms with van der Waals surface area (Å²) in [4.78, 5) is 10.2. The molecule has 0 heterocycles. The van der Waals surface area contributed by atoms with Crippen LogP contribution in [0.25, 0.3) is 6.08 Å². The molecule has 0 amide bonds. The van der Waals surface area contributed by atoms with Crippen LogP contribution >= 0.6 is 0 Å². The molecule has 1 rings (SSSR count). The number of carbonyl (C=O) groups is 1. The zero-order valence-electron chi connectivity index (χ0n) is 7.60. The molecule has 0 unspecified atom stereocenters. The average Bonchev–Trinajstić information content (AvgIpc) is 2.19. The molecule has 0 radical (unpaired) electrons. The second-order valence-corrected chi connectivity index (χ2v) is 2.80. The van der Waals surface area contributed by atoms with Crippen LogP contribution in [0.1, 0.15) is 19.9 Å². The first kappa shape index (κ1) is 12.4. The summed E-state index contributed by atoms with van der Waals surface area (Å²) >= 11 is 0. The van der Waals surface area contributed by atoms with E-state index in [4.69, 9.17) is 0 Å². The lowest BCUT2D eigenvalue weighted by Crippen LogP contribution is -1.72. The lowest BCUT2D eigenvalue weighted by atomic mass is 10.2. The molecule has 0 aliphatic heterocycles. The van der Waals surface area contributed by atoms with Gasteiger partial charge >= 0.3 is 0 Å². The predicted molar refractivity (Wildman–Crippen MR) is 62.0 cm³/mol. The average molecular weight is 188 g/mol. The van der Waals surface area contributed by atoms with Crippen molar-refractivity contribution in [1.29, 1.82) is 0 Å². The number of hydrogen-bond donors (Lipinski definition) is 0. The van der Waals surface area contributed by atoms with Gasteiger partial charge in [0.25, 0.3) is 0 Å². The maximum Gasteiger partial charge on any atom is 0.145 e. The van der Waals surface area contributed by atoms with Crippen molar-refractivity contribution in [2.45, 2.75) is 14.4 Å². The Kier molecular flexibility index (Phi) is 6.04. The van der Waals surface area contributed by atoms with Crippen molar-refractivity contribution in [3.63, 3.8) is 0 Å². The van der Waals surface area contributed by atoms with Gasteiger partial charge in [0.05, 0.1) is 0 Å². The van der Waals surface area contributed by atoms with Crippen molar-refractivity contribution in [3.8, 4) is 0 Å². The van der Waals surface area contributed by atoms with Crippen LogP contribution in [0.15, 0.2) is 48.1 Å². The lowest BCUT2D eigenvalue weighted by molar-refractivity contribution is -0.104. The Hall–Kier alpha value is -1.63. The summed E-state index contributed by atoms with van der Waals surface area (Å²) in [5, 5.41) is 0. The van der Waals surface area contributed by atoms with E-state index in [1.165, 1.54) is 0 Å². The first-order valence-corrected chi connectivity index (χ1v) is 4.18. The van der Waals surface area contributed by atoms with E-state index >= 15 is 0 Å². The third-order valence-corrected chi connectivity index (χ3v) is 1.63. The number of aldehydes is 1. The molecule has 0 saturated heterocycles. The maximum atomic E-state index is 10.2. The Balaban J connectivity index is 0.00000169. The van der Waals surface area contributed by atoms with Gasteiger partial charge in [-0.25, -0.2) is 0 Å². The molecule has 1 nitrogen and oxygen atoms in total. The summed E-state index contributed by atoms with van der Waals surface area (Å²) < 4.78 is 0. The van der Waals surface area contributed by atoms with Gasteiger partial charge in [0, 0.05) is 0 Å². The molecule has 0 aromatic heterocycles. The molecule has 0 aliphatic rings. The zero-order chi connectivity index (χ0) is 9.52. The van der Waals surface area contributed by atoms with Crippen molar-refractivity contribution in [3.05, 3.63) is 53.6 Å². The summed E-state index contributed by atoms with van der Waals surface area (Å²) in [6.45, 7) is 1.78. The van der Waals surface area contributed by atoms with Crippen LogP contribution in [0.2, 0.25) is 0 Å². The summed E-state index contributed by atoms with van der Waals surface area (Å²) in [6, 6.07) is 9.97. The minimum atomic E-state index is 0. The number of benzene rings is 1. The van der Waals surface area contributed by atoms with Crippen molar-refractivity contribution in [2.24, 2.45) is 0 Å². The molecule has 0 saturated carbocycles. The van der Waals surface area contributed by atoms with Gasteiger partial charge in [0.1, 0.15) is 6.29 Å². The maximum absolute atomic E-state index is 10.2. The van der Waals surface area contributed by atoms with Crippen LogP contribution in [0, 0.1) is 0 Å². The Labute approximate surface area is 85.8 Å². The van der Waals surface area contributed by atoms with Gasteiger partial charge in [-0.1, -0.05) is 56.0 Å². The van der Waals surface area contributed by atoms with E-state index in [1.807, 2.05) is 42.5 Å². The number of carbonyl (C=O) groups excluding carboxylic acids is 1. The van der Waals surface area contributed by atoms with Crippen molar-refractivity contribution in [1.82, 2.24) is 0 Å². The van der Waals surface area contributed by atoms with Crippen LogP contribution < -0.4 is 0 Å². The Morgan fingerprint density at radius 3 is 2.43 bits per heavy atom. The minimum absolute atomic E-state index is 0. The second kappa shape index (κ2) is 6.84. The zero-order valence-corrected chi connectivity index (χ0v) is 7.60. The van der Waals surface area contributed by atoms with Crippen molar-refractivity contribution in [2.75, 3.05) is 0 Å². The lowest BCUT2D eigenvalue weighted by Gasteiger charge is -1.88. The van der Waals surface area contributed by atoms with Gasteiger partial charge in [0.15, 0.2) is 0 Å². The van der Waals surface area contributed by atoms with Gasteiger partial charge in [-0.2, -0.15) is 0 Å². The predicted octanol–water partition coefficient (Wildman–Crippen LogP) is 3.48. The highest BCUT2D eigenvalue weighted by Gasteiger charge is 1.81. The number of rotatable bonds is 3. The summed E-state index contributed by atoms with van der Waals surface area (Å²) in [6.07, 6.45) is 6.47. The van der Waals surface area contributed by atoms with Gasteiger partial charge in [-0.3, -0.25) is 4.79 Å². The highest BCUT2D eigenvalue weighted by atomic mass is 16.1. The fraction of sp³-hybridized carbons (Fsp3) is 0.154. The molecule has 0 N–H and O–H groups in total. The molecule has 0 spiro atoms. The number of hydrogen-bond acceptors (Lipinski definition) is 1. The second-order valence-electron chi connectivity index (χ2n) is 2.80. The van der Waals surface area contributed by atoms with Crippen molar-refractivity contribution >= 4 is 12.4 Å². The SMILES string of the molecule is C.C/C(C=O)=C\C=C\c1ccccc1. The first-order valence-electron chi connectivity index (χ1n) is 4.18. The fourth-order valence-corrected chi connectivity index (χ4v) is 0.914. The summed E-state index contributed by atoms with van der Waals surface area (Å²) in [5.41, 5.74) is 1.87. The van der Waals surface area contributed by atoms with Crippen LogP contribution in [-0.2, 0) is 4.79 Å². The quantitative estimate of drug-likeness (QED) is 0.403. The van der Waals surface area contributed by atoms with Crippen LogP contribution in [0.4, 0.5) is 0 Å². The first-order chi connectivity index (χ1) is 6.33. The standard InChI is InChI=1S/C12H12O.CH4/c1-11(10-13)6-5-9-12-7-3-2-4-8-12;/h2-10H,1H3;1H4/b9-5+,11-6+;. The van der Waals surface area contributed by atoms with E-state index in [1.54, 1.807) is 13.0 Å². The van der Waals surface area contributed by atoms with Gasteiger partial charge in [0.2, 0.25) is 0 Å². The molecule has 0 fully saturated rings. The molecule has 74 valence electrons. The van der Waals surface area contributed by atoms with Gasteiger partial charge < -0.3 is 0 Å². The van der Waals surface area contributed by atoms with E-state index in [0.29, 0.717) is 0 Å². The Morgan fingerprint density at radius 2 is 1.86 bits per heavy atom. The van der Waals surface area contributed by atoms with Gasteiger partial charge in [-0.05, 0) is 18.1 Å². The van der Waals surface area contributed by atoms with E-state index in [0.717, 1.165) is 17.4 Å². The van der Waals surface area contributed by atoms with E-state index in [-0.39, 0.29) is 7.43 Å². The molecule has 0 atom stereocenters. The largest absolute Gasteiger partial charge is 0.298 e. The fourth-order valence-electron chi connectivity index (χ4n) is 0.914. The highest BCUT2D eigenvalue weighted by molar-refractivity contribution is 5.73. The molecule has 1 aromatic carbocycles. The van der Waals surface area contributed by atoms with E-state index < -0.39 is 0 Å². The molecular formula is C13H16O. The van der Waals surface area contributed by atoms with Crippen molar-refractivity contribution < 1.29 is 4.79 Å². The molecule has 0 bridgehead atoms. The monoisotopic (exact) mass is 188 g/mol. The summed E-state index contributed by atoms with van der Waals surface area (Å²) in [7, 11) is 0. The summed E-state index contributed by atoms with van der Waals surface area (Å²) in [5.74, 6) is 0. The smallest absolute Gasteiger partial charge is 0.145 e. The third kappa shape index (κ3) is 4.41. The minimum Gasteiger partial charge on any atom is -0.298 e.